The zero-order chi connectivity index (χ0) is 25.2. The highest BCUT2D eigenvalue weighted by atomic mass is 16.6. The molecule has 180 valence electrons. The molecule has 0 unspecified atom stereocenters. The van der Waals surface area contributed by atoms with Crippen LogP contribution < -0.4 is 5.32 Å². The van der Waals surface area contributed by atoms with E-state index in [1.54, 1.807) is 6.07 Å². The molecule has 0 spiro atoms. The Balaban J connectivity index is 1.76. The number of hydrogen-bond donors (Lipinski definition) is 1. The zero-order valence-electron chi connectivity index (χ0n) is 20.7. The highest BCUT2D eigenvalue weighted by Gasteiger charge is 2.23. The molecular weight excluding hydrogens is 440 g/mol. The SMILES string of the molecule is Cc1cccc(COC(=O)c2cc3ccccc3n2-c2c(C)cccc2NC(=O)OC(C)(C)C)c1. The van der Waals surface area contributed by atoms with Crippen molar-refractivity contribution in [3.8, 4) is 5.69 Å². The van der Waals surface area contributed by atoms with Gasteiger partial charge in [0.15, 0.2) is 0 Å². The Kier molecular flexibility index (Phi) is 6.65. The molecule has 3 aromatic carbocycles. The number of fused-ring (bicyclic) bond motifs is 1. The van der Waals surface area contributed by atoms with E-state index in [2.05, 4.69) is 5.32 Å². The molecule has 1 aromatic heterocycles. The highest BCUT2D eigenvalue weighted by molar-refractivity contribution is 5.99. The first-order chi connectivity index (χ1) is 16.6. The molecule has 0 bridgehead atoms. The van der Waals surface area contributed by atoms with Crippen LogP contribution in [0.2, 0.25) is 0 Å². The molecule has 0 radical (unpaired) electrons. The molecule has 6 nitrogen and oxygen atoms in total. The summed E-state index contributed by atoms with van der Waals surface area (Å²) in [5.41, 5.74) is 4.69. The molecule has 0 aliphatic heterocycles. The number of aryl methyl sites for hydroxylation is 2. The van der Waals surface area contributed by atoms with Gasteiger partial charge in [-0.05, 0) is 63.9 Å². The van der Waals surface area contributed by atoms with E-state index in [-0.39, 0.29) is 6.61 Å². The third-order valence-corrected chi connectivity index (χ3v) is 5.47. The fourth-order valence-corrected chi connectivity index (χ4v) is 4.04. The number of amides is 1. The van der Waals surface area contributed by atoms with E-state index in [9.17, 15) is 9.59 Å². The Labute approximate surface area is 205 Å². The van der Waals surface area contributed by atoms with E-state index < -0.39 is 17.7 Å². The van der Waals surface area contributed by atoms with Crippen LogP contribution in [-0.2, 0) is 16.1 Å². The largest absolute Gasteiger partial charge is 0.456 e. The molecule has 0 aliphatic carbocycles. The number of esters is 1. The van der Waals surface area contributed by atoms with Gasteiger partial charge in [-0.25, -0.2) is 9.59 Å². The first-order valence-corrected chi connectivity index (χ1v) is 11.6. The van der Waals surface area contributed by atoms with Gasteiger partial charge in [0.05, 0.1) is 16.9 Å². The van der Waals surface area contributed by atoms with Crippen LogP contribution in [0.5, 0.6) is 0 Å². The van der Waals surface area contributed by atoms with Crippen LogP contribution >= 0.6 is 0 Å². The molecule has 1 heterocycles. The number of nitrogens with zero attached hydrogens (tertiary/aromatic N) is 1. The lowest BCUT2D eigenvalue weighted by Gasteiger charge is -2.22. The quantitative estimate of drug-likeness (QED) is 0.320. The lowest BCUT2D eigenvalue weighted by molar-refractivity contribution is 0.0463. The number of aromatic nitrogens is 1. The molecule has 1 amide bonds. The number of benzene rings is 3. The minimum atomic E-state index is -0.640. The maximum absolute atomic E-state index is 13.3. The van der Waals surface area contributed by atoms with Gasteiger partial charge in [0, 0.05) is 5.39 Å². The number of carbonyl (C=O) groups is 2. The Morgan fingerprint density at radius 2 is 1.66 bits per heavy atom. The predicted molar refractivity (Wildman–Crippen MR) is 138 cm³/mol. The Bertz CT molecular complexity index is 1400. The monoisotopic (exact) mass is 470 g/mol. The summed E-state index contributed by atoms with van der Waals surface area (Å²) in [5, 5.41) is 3.75. The van der Waals surface area contributed by atoms with Crippen LogP contribution in [0.25, 0.3) is 16.6 Å². The topological polar surface area (TPSA) is 69.6 Å². The standard InChI is InChI=1S/C29H30N2O4/c1-19-10-8-12-21(16-19)18-34-27(32)25-17-22-13-6-7-15-24(22)31(25)26-20(2)11-9-14-23(26)30-28(33)35-29(3,4)5/h6-17H,18H2,1-5H3,(H,30,33). The minimum Gasteiger partial charge on any atom is -0.456 e. The van der Waals surface area contributed by atoms with Crippen molar-refractivity contribution in [3.63, 3.8) is 0 Å². The van der Waals surface area contributed by atoms with Gasteiger partial charge in [-0.1, -0.05) is 60.2 Å². The summed E-state index contributed by atoms with van der Waals surface area (Å²) in [4.78, 5) is 25.9. The van der Waals surface area contributed by atoms with Gasteiger partial charge in [-0.2, -0.15) is 0 Å². The van der Waals surface area contributed by atoms with E-state index in [0.29, 0.717) is 17.1 Å². The Morgan fingerprint density at radius 3 is 2.40 bits per heavy atom. The van der Waals surface area contributed by atoms with Crippen molar-refractivity contribution in [2.24, 2.45) is 0 Å². The normalized spacial score (nSPS) is 11.3. The second-order valence-corrected chi connectivity index (χ2v) is 9.59. The number of hydrogen-bond acceptors (Lipinski definition) is 4. The van der Waals surface area contributed by atoms with Crippen molar-refractivity contribution < 1.29 is 19.1 Å². The number of rotatable bonds is 5. The first-order valence-electron chi connectivity index (χ1n) is 11.6. The lowest BCUT2D eigenvalue weighted by atomic mass is 10.1. The van der Waals surface area contributed by atoms with Gasteiger partial charge in [0.2, 0.25) is 0 Å². The number of nitrogens with one attached hydrogen (secondary N) is 1. The summed E-state index contributed by atoms with van der Waals surface area (Å²) in [6, 6.07) is 23.0. The Morgan fingerprint density at radius 1 is 0.914 bits per heavy atom. The average molecular weight is 471 g/mol. The third-order valence-electron chi connectivity index (χ3n) is 5.47. The average Bonchev–Trinajstić information content (AvgIpc) is 3.16. The minimum absolute atomic E-state index is 0.166. The van der Waals surface area contributed by atoms with E-state index >= 15 is 0 Å². The van der Waals surface area contributed by atoms with Crippen LogP contribution in [0.15, 0.2) is 72.8 Å². The summed E-state index contributed by atoms with van der Waals surface area (Å²) >= 11 is 0. The van der Waals surface area contributed by atoms with Crippen molar-refractivity contribution in [1.82, 2.24) is 4.57 Å². The summed E-state index contributed by atoms with van der Waals surface area (Å²) in [5.74, 6) is -0.450. The molecule has 1 N–H and O–H groups in total. The molecule has 0 atom stereocenters. The molecule has 0 saturated heterocycles. The summed E-state index contributed by atoms with van der Waals surface area (Å²) < 4.78 is 13.0. The van der Waals surface area contributed by atoms with Crippen LogP contribution in [0.4, 0.5) is 10.5 Å². The first kappa shape index (κ1) is 24.1. The molecule has 4 rings (SSSR count). The fourth-order valence-electron chi connectivity index (χ4n) is 4.04. The number of para-hydroxylation sites is 2. The number of carbonyl (C=O) groups excluding carboxylic acids is 2. The van der Waals surface area contributed by atoms with Crippen LogP contribution in [-0.4, -0.2) is 22.2 Å². The number of anilines is 1. The van der Waals surface area contributed by atoms with Crippen LogP contribution in [0, 0.1) is 13.8 Å². The molecule has 35 heavy (non-hydrogen) atoms. The Hall–Kier alpha value is -4.06. The van der Waals surface area contributed by atoms with Gasteiger partial charge < -0.3 is 14.0 Å². The lowest BCUT2D eigenvalue weighted by Crippen LogP contribution is -2.27. The smallest absolute Gasteiger partial charge is 0.412 e. The zero-order valence-corrected chi connectivity index (χ0v) is 20.7. The maximum atomic E-state index is 13.3. The molecule has 0 fully saturated rings. The fraction of sp³-hybridized carbons (Fsp3) is 0.241. The summed E-state index contributed by atoms with van der Waals surface area (Å²) in [7, 11) is 0. The van der Waals surface area contributed by atoms with Crippen molar-refractivity contribution in [2.45, 2.75) is 46.8 Å². The van der Waals surface area contributed by atoms with Gasteiger partial charge in [0.25, 0.3) is 0 Å². The maximum Gasteiger partial charge on any atom is 0.412 e. The molecule has 4 aromatic rings. The van der Waals surface area contributed by atoms with Gasteiger partial charge in [-0.15, -0.1) is 0 Å². The predicted octanol–water partition coefficient (Wildman–Crippen LogP) is 6.95. The van der Waals surface area contributed by atoms with Gasteiger partial charge in [0.1, 0.15) is 17.9 Å². The molecule has 6 heteroatoms. The second-order valence-electron chi connectivity index (χ2n) is 9.59. The van der Waals surface area contributed by atoms with Crippen molar-refractivity contribution >= 4 is 28.7 Å². The molecular formula is C29H30N2O4. The van der Waals surface area contributed by atoms with Crippen molar-refractivity contribution in [1.29, 1.82) is 0 Å². The van der Waals surface area contributed by atoms with Crippen LogP contribution in [0.3, 0.4) is 0 Å². The van der Waals surface area contributed by atoms with Gasteiger partial charge in [-0.3, -0.25) is 5.32 Å². The molecule has 0 saturated carbocycles. The third kappa shape index (κ3) is 5.54. The van der Waals surface area contributed by atoms with Crippen LogP contribution in [0.1, 0.15) is 48.0 Å². The van der Waals surface area contributed by atoms with E-state index in [0.717, 1.165) is 27.6 Å². The van der Waals surface area contributed by atoms with E-state index in [4.69, 9.17) is 9.47 Å². The molecule has 0 aliphatic rings. The van der Waals surface area contributed by atoms with Gasteiger partial charge >= 0.3 is 12.1 Å². The number of ether oxygens (including phenoxy) is 2. The summed E-state index contributed by atoms with van der Waals surface area (Å²) in [6.07, 6.45) is -0.565. The van der Waals surface area contributed by atoms with E-state index in [1.807, 2.05) is 106 Å². The summed E-state index contributed by atoms with van der Waals surface area (Å²) in [6.45, 7) is 9.54. The highest BCUT2D eigenvalue weighted by Crippen LogP contribution is 2.32. The van der Waals surface area contributed by atoms with Crippen molar-refractivity contribution in [2.75, 3.05) is 5.32 Å². The van der Waals surface area contributed by atoms with E-state index in [1.165, 1.54) is 0 Å². The van der Waals surface area contributed by atoms with Crippen molar-refractivity contribution in [3.05, 3.63) is 95.2 Å². The second kappa shape index (κ2) is 9.66.